The highest BCUT2D eigenvalue weighted by atomic mass is 15.1. The lowest BCUT2D eigenvalue weighted by Crippen LogP contribution is -2.09. The molecule has 1 heterocycles. The first-order chi connectivity index (χ1) is 8.61. The zero-order valence-corrected chi connectivity index (χ0v) is 9.59. The molecule has 2 aromatic rings. The molecule has 0 aliphatic heterocycles. The number of hydrogen-bond acceptors (Lipinski definition) is 6. The minimum atomic E-state index is 0.0438. The Hall–Kier alpha value is -2.81. The largest absolute Gasteiger partial charge is 0.383 e. The number of anilines is 3. The molecule has 0 saturated heterocycles. The fourth-order valence-electron chi connectivity index (χ4n) is 1.69. The molecule has 0 radical (unpaired) electrons. The molecule has 0 aliphatic carbocycles. The molecule has 6 N–H and O–H groups in total. The molecule has 0 saturated carbocycles. The lowest BCUT2D eigenvalue weighted by molar-refractivity contribution is 1.10. The van der Waals surface area contributed by atoms with Crippen molar-refractivity contribution in [3.63, 3.8) is 0 Å². The molecular weight excluding hydrogens is 228 g/mol. The number of nitriles is 1. The van der Waals surface area contributed by atoms with Crippen LogP contribution in [0.3, 0.4) is 0 Å². The standard InChI is InChI=1S/C12H12N6/c13-6-8-4-2-1-3-7(8)5-9-10(14)17-12(16)18-11(9)15/h1-4H,5H2,(H6,14,15,16,17,18). The van der Waals surface area contributed by atoms with Crippen LogP contribution in [0.25, 0.3) is 0 Å². The van der Waals surface area contributed by atoms with Gasteiger partial charge >= 0.3 is 0 Å². The van der Waals surface area contributed by atoms with Crippen molar-refractivity contribution in [3.05, 3.63) is 41.0 Å². The van der Waals surface area contributed by atoms with E-state index in [0.29, 0.717) is 17.5 Å². The van der Waals surface area contributed by atoms with Gasteiger partial charge in [-0.15, -0.1) is 0 Å². The van der Waals surface area contributed by atoms with E-state index < -0.39 is 0 Å². The van der Waals surface area contributed by atoms with Gasteiger partial charge in [-0.25, -0.2) is 0 Å². The molecule has 2 rings (SSSR count). The van der Waals surface area contributed by atoms with Gasteiger partial charge in [-0.1, -0.05) is 18.2 Å². The Morgan fingerprint density at radius 3 is 2.28 bits per heavy atom. The van der Waals surface area contributed by atoms with Crippen molar-refractivity contribution in [3.8, 4) is 6.07 Å². The zero-order valence-electron chi connectivity index (χ0n) is 9.59. The second kappa shape index (κ2) is 4.59. The summed E-state index contributed by atoms with van der Waals surface area (Å²) in [7, 11) is 0. The number of hydrogen-bond donors (Lipinski definition) is 3. The molecule has 6 heteroatoms. The molecule has 0 fully saturated rings. The highest BCUT2D eigenvalue weighted by Crippen LogP contribution is 2.22. The summed E-state index contributed by atoms with van der Waals surface area (Å²) in [6, 6.07) is 9.34. The average molecular weight is 240 g/mol. The van der Waals surface area contributed by atoms with Gasteiger partial charge in [0, 0.05) is 12.0 Å². The number of benzene rings is 1. The monoisotopic (exact) mass is 240 g/mol. The van der Waals surface area contributed by atoms with Crippen LogP contribution in [0.1, 0.15) is 16.7 Å². The van der Waals surface area contributed by atoms with Crippen LogP contribution in [0.15, 0.2) is 24.3 Å². The summed E-state index contributed by atoms with van der Waals surface area (Å²) >= 11 is 0. The van der Waals surface area contributed by atoms with Gasteiger partial charge in [0.1, 0.15) is 11.6 Å². The molecule has 1 aromatic heterocycles. The third kappa shape index (κ3) is 2.15. The van der Waals surface area contributed by atoms with Crippen molar-refractivity contribution in [1.82, 2.24) is 9.97 Å². The van der Waals surface area contributed by atoms with Gasteiger partial charge in [0.25, 0.3) is 0 Å². The lowest BCUT2D eigenvalue weighted by Gasteiger charge is -2.09. The van der Waals surface area contributed by atoms with Gasteiger partial charge in [0.2, 0.25) is 5.95 Å². The minimum Gasteiger partial charge on any atom is -0.383 e. The quantitative estimate of drug-likeness (QED) is 0.708. The number of nitrogens with zero attached hydrogens (tertiary/aromatic N) is 3. The third-order valence-electron chi connectivity index (χ3n) is 2.59. The molecule has 18 heavy (non-hydrogen) atoms. The molecule has 0 aliphatic rings. The summed E-state index contributed by atoms with van der Waals surface area (Å²) in [5.74, 6) is 0.530. The highest BCUT2D eigenvalue weighted by molar-refractivity contribution is 5.58. The van der Waals surface area contributed by atoms with E-state index in [1.54, 1.807) is 12.1 Å². The lowest BCUT2D eigenvalue weighted by atomic mass is 10.0. The van der Waals surface area contributed by atoms with E-state index in [1.807, 2.05) is 12.1 Å². The maximum absolute atomic E-state index is 9.02. The maximum atomic E-state index is 9.02. The van der Waals surface area contributed by atoms with Crippen molar-refractivity contribution < 1.29 is 0 Å². The third-order valence-corrected chi connectivity index (χ3v) is 2.59. The number of rotatable bonds is 2. The van der Waals surface area contributed by atoms with Gasteiger partial charge in [0.15, 0.2) is 0 Å². The van der Waals surface area contributed by atoms with Crippen LogP contribution in [0.2, 0.25) is 0 Å². The van der Waals surface area contributed by atoms with Crippen molar-refractivity contribution in [2.24, 2.45) is 0 Å². The summed E-state index contributed by atoms with van der Waals surface area (Å²) < 4.78 is 0. The SMILES string of the molecule is N#Cc1ccccc1Cc1c(N)nc(N)nc1N. The van der Waals surface area contributed by atoms with Crippen LogP contribution in [-0.2, 0) is 6.42 Å². The molecular formula is C12H12N6. The summed E-state index contributed by atoms with van der Waals surface area (Å²) in [5.41, 5.74) is 19.0. The summed E-state index contributed by atoms with van der Waals surface area (Å²) in [5, 5.41) is 9.02. The fraction of sp³-hybridized carbons (Fsp3) is 0.0833. The summed E-state index contributed by atoms with van der Waals surface area (Å²) in [4.78, 5) is 7.74. The Morgan fingerprint density at radius 1 is 1.06 bits per heavy atom. The summed E-state index contributed by atoms with van der Waals surface area (Å²) in [6.45, 7) is 0. The van der Waals surface area contributed by atoms with E-state index in [2.05, 4.69) is 16.0 Å². The predicted molar refractivity (Wildman–Crippen MR) is 69.2 cm³/mol. The van der Waals surface area contributed by atoms with E-state index in [0.717, 1.165) is 5.56 Å². The van der Waals surface area contributed by atoms with Gasteiger partial charge in [0.05, 0.1) is 11.6 Å². The summed E-state index contributed by atoms with van der Waals surface area (Å²) in [6.07, 6.45) is 0.404. The van der Waals surface area contributed by atoms with Crippen LogP contribution >= 0.6 is 0 Å². The van der Waals surface area contributed by atoms with Gasteiger partial charge < -0.3 is 17.2 Å². The smallest absolute Gasteiger partial charge is 0.223 e. The highest BCUT2D eigenvalue weighted by Gasteiger charge is 2.11. The molecule has 0 amide bonds. The first-order valence-electron chi connectivity index (χ1n) is 5.27. The Labute approximate surface area is 104 Å². The number of nitrogen functional groups attached to an aromatic ring is 3. The van der Waals surface area contributed by atoms with E-state index in [1.165, 1.54) is 0 Å². The maximum Gasteiger partial charge on any atom is 0.223 e. The average Bonchev–Trinajstić information content (AvgIpc) is 2.34. The minimum absolute atomic E-state index is 0.0438. The van der Waals surface area contributed by atoms with Crippen molar-refractivity contribution in [2.45, 2.75) is 6.42 Å². The zero-order chi connectivity index (χ0) is 13.1. The molecule has 0 spiro atoms. The van der Waals surface area contributed by atoms with Crippen LogP contribution in [0.4, 0.5) is 17.6 Å². The van der Waals surface area contributed by atoms with Crippen molar-refractivity contribution in [2.75, 3.05) is 17.2 Å². The Bertz CT molecular complexity index is 606. The van der Waals surface area contributed by atoms with Crippen LogP contribution in [0, 0.1) is 11.3 Å². The van der Waals surface area contributed by atoms with Crippen molar-refractivity contribution >= 4 is 17.6 Å². The second-order valence-corrected chi connectivity index (χ2v) is 3.78. The molecule has 6 nitrogen and oxygen atoms in total. The van der Waals surface area contributed by atoms with Crippen LogP contribution in [-0.4, -0.2) is 9.97 Å². The Balaban J connectivity index is 2.44. The van der Waals surface area contributed by atoms with E-state index in [-0.39, 0.29) is 17.6 Å². The molecule has 0 atom stereocenters. The predicted octanol–water partition coefficient (Wildman–Crippen LogP) is 0.686. The van der Waals surface area contributed by atoms with Crippen molar-refractivity contribution in [1.29, 1.82) is 5.26 Å². The Kier molecular flexibility index (Phi) is 2.98. The van der Waals surface area contributed by atoms with Gasteiger partial charge in [-0.3, -0.25) is 0 Å². The topological polar surface area (TPSA) is 128 Å². The first kappa shape index (κ1) is 11.7. The number of nitrogens with two attached hydrogens (primary N) is 3. The molecule has 90 valence electrons. The van der Waals surface area contributed by atoms with E-state index in [9.17, 15) is 0 Å². The van der Waals surface area contributed by atoms with E-state index >= 15 is 0 Å². The normalized spacial score (nSPS) is 9.94. The first-order valence-corrected chi connectivity index (χ1v) is 5.27. The fourth-order valence-corrected chi connectivity index (χ4v) is 1.69. The van der Waals surface area contributed by atoms with Gasteiger partial charge in [-0.2, -0.15) is 15.2 Å². The van der Waals surface area contributed by atoms with Crippen LogP contribution in [0.5, 0.6) is 0 Å². The van der Waals surface area contributed by atoms with Crippen LogP contribution < -0.4 is 17.2 Å². The van der Waals surface area contributed by atoms with Gasteiger partial charge in [-0.05, 0) is 11.6 Å². The van der Waals surface area contributed by atoms with E-state index in [4.69, 9.17) is 22.5 Å². The molecule has 0 unspecified atom stereocenters. The second-order valence-electron chi connectivity index (χ2n) is 3.78. The molecule has 0 bridgehead atoms. The Morgan fingerprint density at radius 2 is 1.67 bits per heavy atom. The number of aromatic nitrogens is 2. The molecule has 1 aromatic carbocycles.